The molecule has 29 heavy (non-hydrogen) atoms. The third-order valence-electron chi connectivity index (χ3n) is 5.27. The van der Waals surface area contributed by atoms with Crippen molar-refractivity contribution in [1.82, 2.24) is 10.0 Å². The fourth-order valence-electron chi connectivity index (χ4n) is 3.18. The van der Waals surface area contributed by atoms with E-state index in [0.29, 0.717) is 31.1 Å². The molecule has 7 heteroatoms. The lowest BCUT2D eigenvalue weighted by Gasteiger charge is -2.19. The number of imide groups is 1. The molecule has 0 spiro atoms. The zero-order valence-corrected chi connectivity index (χ0v) is 17.6. The fourth-order valence-corrected chi connectivity index (χ4v) is 3.89. The Morgan fingerprint density at radius 3 is 2.90 bits per heavy atom. The van der Waals surface area contributed by atoms with Crippen molar-refractivity contribution in [3.8, 4) is 5.75 Å². The van der Waals surface area contributed by atoms with Crippen LogP contribution in [0.25, 0.3) is 0 Å². The number of rotatable bonds is 11. The van der Waals surface area contributed by atoms with E-state index in [-0.39, 0.29) is 29.6 Å². The Labute approximate surface area is 176 Å². The number of hydrogen-bond donors (Lipinski definition) is 2. The number of hydrogen-bond acceptors (Lipinski definition) is 5. The van der Waals surface area contributed by atoms with Crippen LogP contribution >= 0.6 is 11.9 Å². The summed E-state index contributed by atoms with van der Waals surface area (Å²) in [6.07, 6.45) is 9.18. The summed E-state index contributed by atoms with van der Waals surface area (Å²) in [5.74, 6) is 1.05. The summed E-state index contributed by atoms with van der Waals surface area (Å²) in [6, 6.07) is 5.11. The second kappa shape index (κ2) is 10.8. The molecule has 0 bridgehead atoms. The average molecular weight is 421 g/mol. The van der Waals surface area contributed by atoms with E-state index < -0.39 is 0 Å². The van der Waals surface area contributed by atoms with Gasteiger partial charge in [-0.15, -0.1) is 0 Å². The Morgan fingerprint density at radius 1 is 1.31 bits per heavy atom. The third kappa shape index (κ3) is 7.16. The highest BCUT2D eigenvalue weighted by atomic mass is 32.2. The van der Waals surface area contributed by atoms with Gasteiger partial charge >= 0.3 is 0 Å². The minimum Gasteiger partial charge on any atom is -0.490 e. The van der Waals surface area contributed by atoms with Crippen molar-refractivity contribution in [2.24, 2.45) is 11.8 Å². The fraction of sp³-hybridized carbons (Fsp3) is 0.545. The maximum absolute atomic E-state index is 13.9. The first-order valence-corrected chi connectivity index (χ1v) is 11.3. The molecule has 5 nitrogen and oxygen atoms in total. The molecule has 1 aliphatic carbocycles. The molecular formula is C22H29FN2O3S. The van der Waals surface area contributed by atoms with Crippen LogP contribution in [0.3, 0.4) is 0 Å². The van der Waals surface area contributed by atoms with Crippen LogP contribution in [0.1, 0.15) is 57.1 Å². The van der Waals surface area contributed by atoms with Gasteiger partial charge in [0, 0.05) is 24.1 Å². The third-order valence-corrected chi connectivity index (χ3v) is 6.15. The minimum atomic E-state index is -0.312. The second-order valence-corrected chi connectivity index (χ2v) is 8.65. The normalized spacial score (nSPS) is 20.7. The maximum Gasteiger partial charge on any atom is 0.229 e. The highest BCUT2D eigenvalue weighted by molar-refractivity contribution is 7.97. The lowest BCUT2D eigenvalue weighted by Crippen LogP contribution is -2.40. The predicted octanol–water partition coefficient (Wildman–Crippen LogP) is 4.30. The number of ether oxygens (including phenoxy) is 1. The molecule has 2 aliphatic rings. The zero-order valence-electron chi connectivity index (χ0n) is 16.8. The first kappa shape index (κ1) is 21.8. The van der Waals surface area contributed by atoms with Crippen LogP contribution in [-0.2, 0) is 9.59 Å². The van der Waals surface area contributed by atoms with Gasteiger partial charge in [0.25, 0.3) is 0 Å². The van der Waals surface area contributed by atoms with Gasteiger partial charge in [0.2, 0.25) is 11.8 Å². The Balaban J connectivity index is 1.33. The van der Waals surface area contributed by atoms with Crippen LogP contribution in [-0.4, -0.2) is 24.2 Å². The van der Waals surface area contributed by atoms with Crippen LogP contribution in [0.2, 0.25) is 0 Å². The highest BCUT2D eigenvalue weighted by Gasteiger charge is 2.25. The summed E-state index contributed by atoms with van der Waals surface area (Å²) < 4.78 is 22.9. The van der Waals surface area contributed by atoms with Crippen LogP contribution in [0.15, 0.2) is 30.4 Å². The van der Waals surface area contributed by atoms with Gasteiger partial charge in [-0.05, 0) is 62.6 Å². The molecule has 1 aromatic carbocycles. The monoisotopic (exact) mass is 420 g/mol. The van der Waals surface area contributed by atoms with Gasteiger partial charge in [-0.2, -0.15) is 0 Å². The Morgan fingerprint density at radius 2 is 2.14 bits per heavy atom. The topological polar surface area (TPSA) is 67.4 Å². The van der Waals surface area contributed by atoms with Gasteiger partial charge < -0.3 is 4.74 Å². The van der Waals surface area contributed by atoms with Gasteiger partial charge in [0.05, 0.1) is 6.61 Å². The number of allylic oxidation sites excluding steroid dienone is 1. The van der Waals surface area contributed by atoms with E-state index >= 15 is 0 Å². The molecule has 1 aromatic rings. The molecule has 3 rings (SSSR count). The summed E-state index contributed by atoms with van der Waals surface area (Å²) in [7, 11) is 0. The van der Waals surface area contributed by atoms with E-state index in [1.165, 1.54) is 18.9 Å². The lowest BCUT2D eigenvalue weighted by atomic mass is 9.93. The molecule has 2 amide bonds. The van der Waals surface area contributed by atoms with Crippen molar-refractivity contribution in [3.63, 3.8) is 0 Å². The number of nitrogens with one attached hydrogen (secondary N) is 2. The maximum atomic E-state index is 13.9. The predicted molar refractivity (Wildman–Crippen MR) is 113 cm³/mol. The van der Waals surface area contributed by atoms with Crippen LogP contribution in [0.5, 0.6) is 5.75 Å². The molecule has 2 fully saturated rings. The number of amides is 2. The van der Waals surface area contributed by atoms with E-state index in [1.807, 2.05) is 6.92 Å². The number of piperidine rings is 1. The number of carbonyl (C=O) groups excluding carboxylic acids is 2. The second-order valence-electron chi connectivity index (χ2n) is 7.79. The molecule has 2 atom stereocenters. The molecule has 0 aromatic heterocycles. The molecule has 2 unspecified atom stereocenters. The largest absolute Gasteiger partial charge is 0.490 e. The van der Waals surface area contributed by atoms with Gasteiger partial charge in [0.15, 0.2) is 11.6 Å². The Bertz CT molecular complexity index is 752. The summed E-state index contributed by atoms with van der Waals surface area (Å²) in [4.78, 5) is 22.8. The molecule has 2 N–H and O–H groups in total. The van der Waals surface area contributed by atoms with Crippen molar-refractivity contribution >= 4 is 23.8 Å². The molecule has 1 aliphatic heterocycles. The molecule has 0 radical (unpaired) electrons. The molecular weight excluding hydrogens is 391 g/mol. The van der Waals surface area contributed by atoms with E-state index in [4.69, 9.17) is 4.74 Å². The summed E-state index contributed by atoms with van der Waals surface area (Å²) in [6.45, 7) is 2.64. The van der Waals surface area contributed by atoms with E-state index in [1.54, 1.807) is 24.1 Å². The van der Waals surface area contributed by atoms with Crippen molar-refractivity contribution in [1.29, 1.82) is 0 Å². The smallest absolute Gasteiger partial charge is 0.229 e. The quantitative estimate of drug-likeness (QED) is 0.242. The Hall–Kier alpha value is -1.86. The van der Waals surface area contributed by atoms with Crippen LogP contribution < -0.4 is 14.8 Å². The zero-order chi connectivity index (χ0) is 20.6. The molecule has 1 saturated heterocycles. The van der Waals surface area contributed by atoms with Gasteiger partial charge in [0.1, 0.15) is 0 Å². The highest BCUT2D eigenvalue weighted by Crippen LogP contribution is 2.31. The van der Waals surface area contributed by atoms with Gasteiger partial charge in [-0.3, -0.25) is 19.6 Å². The number of carbonyl (C=O) groups is 2. The average Bonchev–Trinajstić information content (AvgIpc) is 3.52. The first-order chi connectivity index (χ1) is 14.0. The van der Waals surface area contributed by atoms with Crippen molar-refractivity contribution < 1.29 is 18.7 Å². The minimum absolute atomic E-state index is 0.0574. The van der Waals surface area contributed by atoms with Crippen LogP contribution in [0.4, 0.5) is 4.39 Å². The SMILES string of the molecule is CC(NSC/C=C/CCC1CCC(=O)NC1=O)c1ccc(F)c(OCC2CC2)c1. The number of benzene rings is 1. The van der Waals surface area contributed by atoms with E-state index in [0.717, 1.165) is 24.2 Å². The first-order valence-electron chi connectivity index (χ1n) is 10.3. The Kier molecular flexibility index (Phi) is 8.12. The van der Waals surface area contributed by atoms with Crippen molar-refractivity contribution in [3.05, 3.63) is 41.7 Å². The van der Waals surface area contributed by atoms with E-state index in [2.05, 4.69) is 22.2 Å². The molecule has 158 valence electrons. The van der Waals surface area contributed by atoms with Crippen LogP contribution in [0, 0.1) is 17.7 Å². The number of halogens is 1. The summed E-state index contributed by atoms with van der Waals surface area (Å²) in [5.41, 5.74) is 0.992. The van der Waals surface area contributed by atoms with Crippen molar-refractivity contribution in [2.75, 3.05) is 12.4 Å². The molecule has 1 heterocycles. The lowest BCUT2D eigenvalue weighted by molar-refractivity contribution is -0.136. The van der Waals surface area contributed by atoms with Gasteiger partial charge in [-0.25, -0.2) is 4.39 Å². The van der Waals surface area contributed by atoms with E-state index in [9.17, 15) is 14.0 Å². The van der Waals surface area contributed by atoms with Gasteiger partial charge in [-0.1, -0.05) is 30.2 Å². The molecule has 1 saturated carbocycles. The van der Waals surface area contributed by atoms with Crippen molar-refractivity contribution in [2.45, 2.75) is 51.5 Å². The summed E-state index contributed by atoms with van der Waals surface area (Å²) in [5, 5.41) is 2.39. The standard InChI is InChI=1S/C22H29FN2O3S/c1-15(18-8-10-19(23)20(13-18)28-14-16-6-7-16)25-29-12-4-2-3-5-17-9-11-21(26)24-22(17)27/h2,4,8,10,13,15-17,25H,3,5-7,9,11-12,14H2,1H3,(H,24,26,27)/b4-2+. The summed E-state index contributed by atoms with van der Waals surface area (Å²) >= 11 is 1.59.